The Morgan fingerprint density at radius 3 is 2.42 bits per heavy atom. The topological polar surface area (TPSA) is 35.9 Å². The van der Waals surface area contributed by atoms with Crippen molar-refractivity contribution in [3.05, 3.63) is 62.4 Å². The average Bonchev–Trinajstić information content (AvgIpc) is 3.26. The van der Waals surface area contributed by atoms with Crippen molar-refractivity contribution in [3.8, 4) is 0 Å². The van der Waals surface area contributed by atoms with Crippen LogP contribution in [0.5, 0.6) is 0 Å². The van der Waals surface area contributed by atoms with Crippen molar-refractivity contribution in [2.45, 2.75) is 43.0 Å². The molecule has 1 saturated heterocycles. The summed E-state index contributed by atoms with van der Waals surface area (Å²) in [6, 6.07) is 13.5. The molecule has 31 heavy (non-hydrogen) atoms. The molecule has 2 aromatic rings. The molecule has 1 amide bonds. The summed E-state index contributed by atoms with van der Waals surface area (Å²) in [7, 11) is 1.99. The Bertz CT molecular complexity index is 1090. The van der Waals surface area contributed by atoms with Gasteiger partial charge in [0.2, 0.25) is 0 Å². The molecule has 4 nitrogen and oxygen atoms in total. The van der Waals surface area contributed by atoms with Gasteiger partial charge in [-0.1, -0.05) is 54.2 Å². The Labute approximate surface area is 200 Å². The predicted molar refractivity (Wildman–Crippen MR) is 133 cm³/mol. The first-order valence-corrected chi connectivity index (χ1v) is 12.7. The van der Waals surface area contributed by atoms with Gasteiger partial charge in [-0.05, 0) is 67.1 Å². The lowest BCUT2D eigenvalue weighted by Gasteiger charge is -2.30. The summed E-state index contributed by atoms with van der Waals surface area (Å²) < 4.78 is 0. The number of benzene rings is 2. The summed E-state index contributed by atoms with van der Waals surface area (Å²) in [6.45, 7) is 0. The fourth-order valence-corrected chi connectivity index (χ4v) is 6.88. The quantitative estimate of drug-likeness (QED) is 0.414. The Morgan fingerprint density at radius 2 is 1.68 bits per heavy atom. The van der Waals surface area contributed by atoms with Crippen molar-refractivity contribution in [3.63, 3.8) is 0 Å². The number of amidine groups is 1. The molecule has 0 spiro atoms. The van der Waals surface area contributed by atoms with Crippen LogP contribution >= 0.6 is 46.7 Å². The number of fused-ring (bicyclic) bond motifs is 1. The maximum atomic E-state index is 13.7. The lowest BCUT2D eigenvalue weighted by molar-refractivity contribution is -0.124. The number of anilines is 1. The van der Waals surface area contributed by atoms with E-state index in [4.69, 9.17) is 28.2 Å². The fourth-order valence-electron chi connectivity index (χ4n) is 4.20. The van der Waals surface area contributed by atoms with Crippen LogP contribution < -0.4 is 4.90 Å². The molecule has 0 aromatic heterocycles. The highest BCUT2D eigenvalue weighted by atomic mass is 35.5. The van der Waals surface area contributed by atoms with Crippen molar-refractivity contribution >= 4 is 69.2 Å². The van der Waals surface area contributed by atoms with Gasteiger partial charge in [-0.3, -0.25) is 9.69 Å². The van der Waals surface area contributed by atoms with Crippen LogP contribution in [-0.2, 0) is 4.79 Å². The zero-order chi connectivity index (χ0) is 21.5. The zero-order valence-electron chi connectivity index (χ0n) is 17.0. The first kappa shape index (κ1) is 21.3. The summed E-state index contributed by atoms with van der Waals surface area (Å²) in [4.78, 5) is 24.4. The van der Waals surface area contributed by atoms with Crippen LogP contribution in [0, 0.1) is 0 Å². The summed E-state index contributed by atoms with van der Waals surface area (Å²) in [5.41, 5.74) is 1.83. The fraction of sp³-hybridized carbons (Fsp3) is 0.304. The van der Waals surface area contributed by atoms with Crippen LogP contribution in [0.15, 0.2) is 62.3 Å². The average molecular weight is 490 g/mol. The van der Waals surface area contributed by atoms with Gasteiger partial charge >= 0.3 is 0 Å². The highest BCUT2D eigenvalue weighted by Gasteiger charge is 2.42. The molecule has 3 aliphatic rings. The molecular weight excluding hydrogens is 469 g/mol. The second-order valence-corrected chi connectivity index (χ2v) is 10.7. The molecule has 2 fully saturated rings. The van der Waals surface area contributed by atoms with Crippen LogP contribution in [-0.4, -0.2) is 29.1 Å². The van der Waals surface area contributed by atoms with E-state index in [9.17, 15) is 4.79 Å². The zero-order valence-corrected chi connectivity index (χ0v) is 20.1. The number of carbonyl (C=O) groups is 1. The van der Waals surface area contributed by atoms with Gasteiger partial charge in [0.15, 0.2) is 5.17 Å². The number of nitrogens with zero attached hydrogens (tertiary/aromatic N) is 3. The summed E-state index contributed by atoms with van der Waals surface area (Å²) >= 11 is 15.3. The molecule has 2 aliphatic heterocycles. The van der Waals surface area contributed by atoms with E-state index >= 15 is 0 Å². The molecule has 0 atom stereocenters. The van der Waals surface area contributed by atoms with Crippen molar-refractivity contribution < 1.29 is 4.79 Å². The molecule has 0 N–H and O–H groups in total. The summed E-state index contributed by atoms with van der Waals surface area (Å²) in [5.74, 6) is 0.0536. The summed E-state index contributed by atoms with van der Waals surface area (Å²) in [6.07, 6.45) is 5.58. The molecule has 2 heterocycles. The third-order valence-electron chi connectivity index (χ3n) is 5.79. The van der Waals surface area contributed by atoms with Gasteiger partial charge in [-0.25, -0.2) is 4.99 Å². The van der Waals surface area contributed by atoms with Crippen molar-refractivity contribution in [1.82, 2.24) is 4.90 Å². The molecule has 5 rings (SSSR count). The predicted octanol–water partition coefficient (Wildman–Crippen LogP) is 7.30. The third-order valence-corrected chi connectivity index (χ3v) is 8.69. The Balaban J connectivity index is 1.55. The van der Waals surface area contributed by atoms with Gasteiger partial charge in [-0.2, -0.15) is 0 Å². The minimum absolute atomic E-state index is 0.0536. The monoisotopic (exact) mass is 489 g/mol. The molecule has 2 aromatic carbocycles. The van der Waals surface area contributed by atoms with Gasteiger partial charge in [0, 0.05) is 28.0 Å². The van der Waals surface area contributed by atoms with Crippen LogP contribution in [0.3, 0.4) is 0 Å². The second-order valence-electron chi connectivity index (χ2n) is 7.85. The van der Waals surface area contributed by atoms with E-state index < -0.39 is 0 Å². The largest absolute Gasteiger partial charge is 0.337 e. The van der Waals surface area contributed by atoms with Crippen LogP contribution in [0.1, 0.15) is 32.1 Å². The van der Waals surface area contributed by atoms with Crippen molar-refractivity contribution in [2.24, 2.45) is 4.99 Å². The van der Waals surface area contributed by atoms with Crippen LogP contribution in [0.25, 0.3) is 0 Å². The van der Waals surface area contributed by atoms with E-state index in [1.807, 2.05) is 54.4 Å². The van der Waals surface area contributed by atoms with E-state index in [1.54, 1.807) is 11.8 Å². The minimum Gasteiger partial charge on any atom is -0.337 e. The number of carbonyl (C=O) groups excluding carboxylic acids is 1. The SMILES string of the molecule is CN1/C(=C2/SC(=Nc3ccc(Cl)cc3)N(C3CCCCC3)C2=O)Sc2ccc(Cl)cc21. The number of amides is 1. The molecule has 0 bridgehead atoms. The van der Waals surface area contributed by atoms with E-state index in [1.165, 1.54) is 18.2 Å². The Kier molecular flexibility index (Phi) is 5.99. The number of rotatable bonds is 2. The Morgan fingerprint density at radius 1 is 0.968 bits per heavy atom. The lowest BCUT2D eigenvalue weighted by atomic mass is 9.94. The number of hydrogen-bond donors (Lipinski definition) is 0. The van der Waals surface area contributed by atoms with Gasteiger partial charge < -0.3 is 4.90 Å². The van der Waals surface area contributed by atoms with Crippen molar-refractivity contribution in [1.29, 1.82) is 0 Å². The van der Waals surface area contributed by atoms with Gasteiger partial charge in [-0.15, -0.1) is 0 Å². The van der Waals surface area contributed by atoms with Gasteiger partial charge in [0.25, 0.3) is 5.91 Å². The van der Waals surface area contributed by atoms with Gasteiger partial charge in [0.05, 0.1) is 16.4 Å². The molecule has 160 valence electrons. The van der Waals surface area contributed by atoms with E-state index in [0.717, 1.165) is 57.1 Å². The van der Waals surface area contributed by atoms with Crippen molar-refractivity contribution in [2.75, 3.05) is 11.9 Å². The summed E-state index contributed by atoms with van der Waals surface area (Å²) in [5, 5.41) is 3.06. The number of hydrogen-bond acceptors (Lipinski definition) is 5. The maximum Gasteiger partial charge on any atom is 0.269 e. The highest BCUT2D eigenvalue weighted by Crippen LogP contribution is 2.51. The van der Waals surface area contributed by atoms with Crippen LogP contribution in [0.2, 0.25) is 10.0 Å². The van der Waals surface area contributed by atoms with E-state index in [0.29, 0.717) is 10.0 Å². The standard InChI is InChI=1S/C23H21Cl2N3OS2/c1-27-18-13-15(25)9-12-19(18)30-22(27)20-21(29)28(17-5-3-2-4-6-17)23(31-20)26-16-10-7-14(24)8-11-16/h7-13,17H,2-6H2,1H3/b22-20-,26-23?. The maximum absolute atomic E-state index is 13.7. The van der Waals surface area contributed by atoms with Crippen LogP contribution in [0.4, 0.5) is 11.4 Å². The van der Waals surface area contributed by atoms with E-state index in [2.05, 4.69) is 4.90 Å². The van der Waals surface area contributed by atoms with Gasteiger partial charge in [0.1, 0.15) is 4.91 Å². The molecule has 0 unspecified atom stereocenters. The second kappa shape index (κ2) is 8.74. The molecule has 8 heteroatoms. The number of aliphatic imine (C=N–C) groups is 1. The Hall–Kier alpha value is -1.60. The highest BCUT2D eigenvalue weighted by molar-refractivity contribution is 8.19. The van der Waals surface area contributed by atoms with E-state index in [-0.39, 0.29) is 11.9 Å². The first-order chi connectivity index (χ1) is 15.0. The first-order valence-electron chi connectivity index (χ1n) is 10.3. The lowest BCUT2D eigenvalue weighted by Crippen LogP contribution is -2.40. The number of halogens is 2. The minimum atomic E-state index is 0.0536. The number of thioether (sulfide) groups is 2. The third kappa shape index (κ3) is 4.11. The molecule has 0 radical (unpaired) electrons. The normalized spacial score (nSPS) is 23.2. The smallest absolute Gasteiger partial charge is 0.269 e. The molecule has 1 aliphatic carbocycles. The molecule has 1 saturated carbocycles. The molecular formula is C23H21Cl2N3OS2.